The second-order valence-corrected chi connectivity index (χ2v) is 5.18. The molecule has 0 unspecified atom stereocenters. The predicted octanol–water partition coefficient (Wildman–Crippen LogP) is 3.56. The number of fused-ring (bicyclic) bond motifs is 1. The van der Waals surface area contributed by atoms with Crippen molar-refractivity contribution in [3.63, 3.8) is 0 Å². The second kappa shape index (κ2) is 5.22. The van der Waals surface area contributed by atoms with Gasteiger partial charge in [-0.3, -0.25) is 9.78 Å². The van der Waals surface area contributed by atoms with Gasteiger partial charge in [-0.1, -0.05) is 6.07 Å². The van der Waals surface area contributed by atoms with Gasteiger partial charge in [0.1, 0.15) is 11.6 Å². The molecule has 0 spiro atoms. The molecule has 2 N–H and O–H groups in total. The van der Waals surface area contributed by atoms with Gasteiger partial charge in [0.25, 0.3) is 5.56 Å². The fraction of sp³-hybridized carbons (Fsp3) is 0.125. The van der Waals surface area contributed by atoms with Crippen LogP contribution in [0.25, 0.3) is 10.9 Å². The van der Waals surface area contributed by atoms with Gasteiger partial charge in [-0.05, 0) is 43.2 Å². The third-order valence-electron chi connectivity index (χ3n) is 3.27. The van der Waals surface area contributed by atoms with E-state index in [2.05, 4.69) is 15.3 Å². The fourth-order valence-electron chi connectivity index (χ4n) is 2.42. The van der Waals surface area contributed by atoms with Crippen LogP contribution >= 0.6 is 0 Å². The Morgan fingerprint density at radius 3 is 2.41 bits per heavy atom. The standard InChI is InChI=1S/C16H13F2N3O/c1-8-3-9(2)14-13(4-8)15(22)21-16(20-14)19-12-6-10(17)5-11(18)7-12/h3-7H,1-2H3,(H2,19,20,21,22). The number of nitrogens with one attached hydrogen (secondary N) is 2. The van der Waals surface area contributed by atoms with Crippen molar-refractivity contribution >= 4 is 22.5 Å². The number of aromatic nitrogens is 2. The van der Waals surface area contributed by atoms with E-state index in [-0.39, 0.29) is 17.2 Å². The number of aryl methyl sites for hydroxylation is 2. The van der Waals surface area contributed by atoms with Crippen LogP contribution < -0.4 is 10.9 Å². The first-order valence-corrected chi connectivity index (χ1v) is 6.67. The lowest BCUT2D eigenvalue weighted by Gasteiger charge is -2.08. The summed E-state index contributed by atoms with van der Waals surface area (Å²) < 4.78 is 26.4. The van der Waals surface area contributed by atoms with Crippen molar-refractivity contribution in [2.24, 2.45) is 0 Å². The normalized spacial score (nSPS) is 10.9. The lowest BCUT2D eigenvalue weighted by atomic mass is 10.1. The number of benzene rings is 2. The Kier molecular flexibility index (Phi) is 3.36. The van der Waals surface area contributed by atoms with Gasteiger partial charge in [0.15, 0.2) is 0 Å². The molecular weight excluding hydrogens is 288 g/mol. The fourth-order valence-corrected chi connectivity index (χ4v) is 2.42. The lowest BCUT2D eigenvalue weighted by Crippen LogP contribution is -2.12. The van der Waals surface area contributed by atoms with E-state index in [1.807, 2.05) is 19.9 Å². The monoisotopic (exact) mass is 301 g/mol. The van der Waals surface area contributed by atoms with E-state index in [1.54, 1.807) is 6.07 Å². The minimum absolute atomic E-state index is 0.134. The average molecular weight is 301 g/mol. The smallest absolute Gasteiger partial charge is 0.260 e. The quantitative estimate of drug-likeness (QED) is 0.761. The van der Waals surface area contributed by atoms with E-state index in [0.717, 1.165) is 29.3 Å². The van der Waals surface area contributed by atoms with Gasteiger partial charge in [0, 0.05) is 11.8 Å². The summed E-state index contributed by atoms with van der Waals surface area (Å²) in [6.07, 6.45) is 0. The van der Waals surface area contributed by atoms with Crippen molar-refractivity contribution in [3.8, 4) is 0 Å². The number of rotatable bonds is 2. The molecule has 0 aliphatic heterocycles. The molecule has 112 valence electrons. The van der Waals surface area contributed by atoms with Crippen LogP contribution in [0.4, 0.5) is 20.4 Å². The van der Waals surface area contributed by atoms with Crippen molar-refractivity contribution in [1.82, 2.24) is 9.97 Å². The van der Waals surface area contributed by atoms with Crippen molar-refractivity contribution in [1.29, 1.82) is 0 Å². The lowest BCUT2D eigenvalue weighted by molar-refractivity contribution is 0.584. The van der Waals surface area contributed by atoms with E-state index in [1.165, 1.54) is 0 Å². The third-order valence-corrected chi connectivity index (χ3v) is 3.27. The van der Waals surface area contributed by atoms with Crippen LogP contribution in [0.5, 0.6) is 0 Å². The zero-order valence-electron chi connectivity index (χ0n) is 12.0. The molecule has 0 saturated heterocycles. The molecule has 4 nitrogen and oxygen atoms in total. The molecule has 3 rings (SSSR count). The Morgan fingerprint density at radius 1 is 1.05 bits per heavy atom. The number of nitrogens with zero attached hydrogens (tertiary/aromatic N) is 1. The Bertz CT molecular complexity index is 914. The summed E-state index contributed by atoms with van der Waals surface area (Å²) in [5.74, 6) is -1.29. The van der Waals surface area contributed by atoms with Crippen molar-refractivity contribution in [3.05, 3.63) is 63.4 Å². The summed E-state index contributed by atoms with van der Waals surface area (Å²) in [6.45, 7) is 3.75. The third kappa shape index (κ3) is 2.67. The van der Waals surface area contributed by atoms with E-state index in [0.29, 0.717) is 10.9 Å². The van der Waals surface area contributed by atoms with Crippen LogP contribution in [0.1, 0.15) is 11.1 Å². The molecule has 1 aromatic heterocycles. The van der Waals surface area contributed by atoms with Gasteiger partial charge < -0.3 is 5.32 Å². The first-order valence-electron chi connectivity index (χ1n) is 6.67. The molecule has 3 aromatic rings. The van der Waals surface area contributed by atoms with Crippen LogP contribution in [0, 0.1) is 25.5 Å². The summed E-state index contributed by atoms with van der Waals surface area (Å²) >= 11 is 0. The number of halogens is 2. The predicted molar refractivity (Wildman–Crippen MR) is 81.5 cm³/mol. The maximum atomic E-state index is 13.2. The zero-order valence-corrected chi connectivity index (χ0v) is 12.0. The van der Waals surface area contributed by atoms with Crippen LogP contribution in [0.3, 0.4) is 0 Å². The number of H-pyrrole nitrogens is 1. The highest BCUT2D eigenvalue weighted by Crippen LogP contribution is 2.19. The van der Waals surface area contributed by atoms with E-state index >= 15 is 0 Å². The van der Waals surface area contributed by atoms with Gasteiger partial charge >= 0.3 is 0 Å². The Labute approximate surface area is 124 Å². The van der Waals surface area contributed by atoms with Crippen molar-refractivity contribution in [2.75, 3.05) is 5.32 Å². The summed E-state index contributed by atoms with van der Waals surface area (Å²) in [5, 5.41) is 3.19. The number of hydrogen-bond acceptors (Lipinski definition) is 3. The number of hydrogen-bond donors (Lipinski definition) is 2. The minimum atomic E-state index is -0.711. The maximum absolute atomic E-state index is 13.2. The van der Waals surface area contributed by atoms with Crippen molar-refractivity contribution < 1.29 is 8.78 Å². The maximum Gasteiger partial charge on any atom is 0.260 e. The van der Waals surface area contributed by atoms with Crippen LogP contribution in [-0.2, 0) is 0 Å². The van der Waals surface area contributed by atoms with Gasteiger partial charge in [-0.25, -0.2) is 13.8 Å². The molecule has 1 heterocycles. The number of aromatic amines is 1. The molecule has 22 heavy (non-hydrogen) atoms. The highest BCUT2D eigenvalue weighted by atomic mass is 19.1. The molecule has 0 bridgehead atoms. The molecular formula is C16H13F2N3O. The molecule has 0 aliphatic carbocycles. The highest BCUT2D eigenvalue weighted by molar-refractivity contribution is 5.82. The van der Waals surface area contributed by atoms with Gasteiger partial charge in [-0.2, -0.15) is 0 Å². The summed E-state index contributed by atoms with van der Waals surface area (Å²) in [6, 6.07) is 6.68. The summed E-state index contributed by atoms with van der Waals surface area (Å²) in [7, 11) is 0. The second-order valence-electron chi connectivity index (χ2n) is 5.18. The van der Waals surface area contributed by atoms with Gasteiger partial charge in [0.05, 0.1) is 10.9 Å². The first kappa shape index (κ1) is 14.2. The molecule has 2 aromatic carbocycles. The van der Waals surface area contributed by atoms with Gasteiger partial charge in [0.2, 0.25) is 5.95 Å². The molecule has 0 amide bonds. The average Bonchev–Trinajstić information content (AvgIpc) is 2.39. The summed E-state index contributed by atoms with van der Waals surface area (Å²) in [4.78, 5) is 19.0. The SMILES string of the molecule is Cc1cc(C)c2nc(Nc3cc(F)cc(F)c3)[nH]c(=O)c2c1. The van der Waals surface area contributed by atoms with E-state index in [4.69, 9.17) is 0 Å². The molecule has 0 aliphatic rings. The highest BCUT2D eigenvalue weighted by Gasteiger charge is 2.08. The molecule has 0 saturated carbocycles. The van der Waals surface area contributed by atoms with Crippen LogP contribution in [-0.4, -0.2) is 9.97 Å². The zero-order chi connectivity index (χ0) is 15.9. The van der Waals surface area contributed by atoms with Gasteiger partial charge in [-0.15, -0.1) is 0 Å². The molecule has 0 fully saturated rings. The van der Waals surface area contributed by atoms with E-state index in [9.17, 15) is 13.6 Å². The first-order chi connectivity index (χ1) is 10.4. The largest absolute Gasteiger partial charge is 0.325 e. The Balaban J connectivity index is 2.10. The Morgan fingerprint density at radius 2 is 1.73 bits per heavy atom. The van der Waals surface area contributed by atoms with Crippen LogP contribution in [0.2, 0.25) is 0 Å². The minimum Gasteiger partial charge on any atom is -0.325 e. The van der Waals surface area contributed by atoms with E-state index < -0.39 is 11.6 Å². The molecule has 0 radical (unpaired) electrons. The summed E-state index contributed by atoms with van der Waals surface area (Å²) in [5.41, 5.74) is 2.23. The van der Waals surface area contributed by atoms with Crippen LogP contribution in [0.15, 0.2) is 35.1 Å². The topological polar surface area (TPSA) is 57.8 Å². The molecule has 6 heteroatoms. The Hall–Kier alpha value is -2.76. The number of anilines is 2. The molecule has 0 atom stereocenters. The van der Waals surface area contributed by atoms with Crippen molar-refractivity contribution in [2.45, 2.75) is 13.8 Å².